The lowest BCUT2D eigenvalue weighted by Gasteiger charge is -2.24. The maximum Gasteiger partial charge on any atom is 0.131 e. The molecular weight excluding hydrogens is 148 g/mol. The Balaban J connectivity index is 2.73. The van der Waals surface area contributed by atoms with Crippen LogP contribution in [0.3, 0.4) is 0 Å². The fourth-order valence-electron chi connectivity index (χ4n) is 1.33. The highest BCUT2D eigenvalue weighted by atomic mass is 35.5. The molecule has 0 spiro atoms. The summed E-state index contributed by atoms with van der Waals surface area (Å²) in [5.74, 6) is 0.383. The highest BCUT2D eigenvalue weighted by Gasteiger charge is 2.35. The summed E-state index contributed by atoms with van der Waals surface area (Å²) in [6.07, 6.45) is 1.04. The molecule has 1 unspecified atom stereocenters. The van der Waals surface area contributed by atoms with Crippen molar-refractivity contribution < 1.29 is 0 Å². The van der Waals surface area contributed by atoms with Gasteiger partial charge in [0.25, 0.3) is 0 Å². The van der Waals surface area contributed by atoms with Gasteiger partial charge in [-0.15, -0.1) is 0 Å². The molecule has 0 amide bonds. The van der Waals surface area contributed by atoms with Crippen molar-refractivity contribution in [2.45, 2.75) is 32.7 Å². The van der Waals surface area contributed by atoms with Crippen LogP contribution in [0.25, 0.3) is 0 Å². The van der Waals surface area contributed by atoms with Crippen LogP contribution >= 0.6 is 11.6 Å². The van der Waals surface area contributed by atoms with E-state index in [1.54, 1.807) is 0 Å². The van der Waals surface area contributed by atoms with Crippen molar-refractivity contribution in [2.24, 2.45) is 11.0 Å². The summed E-state index contributed by atoms with van der Waals surface area (Å²) in [6.45, 7) is 6.34. The summed E-state index contributed by atoms with van der Waals surface area (Å²) in [5.41, 5.74) is 3.05. The number of halogens is 1. The van der Waals surface area contributed by atoms with Crippen molar-refractivity contribution in [1.82, 2.24) is 5.43 Å². The number of rotatable bonds is 1. The second-order valence-electron chi connectivity index (χ2n) is 3.23. The summed E-state index contributed by atoms with van der Waals surface area (Å²) in [7, 11) is 0. The summed E-state index contributed by atoms with van der Waals surface area (Å²) in [4.78, 5) is 0. The summed E-state index contributed by atoms with van der Waals surface area (Å²) in [6, 6.07) is 0. The van der Waals surface area contributed by atoms with Crippen LogP contribution < -0.4 is 5.43 Å². The Kier molecular flexibility index (Phi) is 1.90. The normalized spacial score (nSPS) is 29.6. The largest absolute Gasteiger partial charge is 0.303 e. The van der Waals surface area contributed by atoms with Gasteiger partial charge in [-0.2, -0.15) is 5.10 Å². The van der Waals surface area contributed by atoms with Crippen molar-refractivity contribution in [1.29, 1.82) is 0 Å². The summed E-state index contributed by atoms with van der Waals surface area (Å²) >= 11 is 5.85. The fourth-order valence-corrected chi connectivity index (χ4v) is 1.80. The van der Waals surface area contributed by atoms with Gasteiger partial charge in [-0.1, -0.05) is 18.5 Å². The Morgan fingerprint density at radius 1 is 1.70 bits per heavy atom. The molecule has 1 aliphatic heterocycles. The molecule has 1 atom stereocenters. The smallest absolute Gasteiger partial charge is 0.131 e. The average molecular weight is 161 g/mol. The minimum Gasteiger partial charge on any atom is -0.303 e. The van der Waals surface area contributed by atoms with E-state index in [1.807, 2.05) is 0 Å². The minimum atomic E-state index is 0.0475. The first-order chi connectivity index (χ1) is 4.58. The molecular formula is C7H13ClN2. The molecule has 0 saturated carbocycles. The maximum absolute atomic E-state index is 5.85. The lowest BCUT2D eigenvalue weighted by molar-refractivity contribution is 0.346. The van der Waals surface area contributed by atoms with E-state index in [4.69, 9.17) is 11.6 Å². The van der Waals surface area contributed by atoms with Gasteiger partial charge in [0, 0.05) is 5.92 Å². The van der Waals surface area contributed by atoms with Crippen LogP contribution in [0.4, 0.5) is 0 Å². The van der Waals surface area contributed by atoms with Crippen LogP contribution in [-0.2, 0) is 0 Å². The molecule has 0 aromatic rings. The molecule has 3 heteroatoms. The molecule has 0 radical (unpaired) electrons. The first-order valence-corrected chi connectivity index (χ1v) is 3.96. The molecule has 1 aliphatic rings. The Morgan fingerprint density at radius 3 is 2.50 bits per heavy atom. The van der Waals surface area contributed by atoms with E-state index < -0.39 is 0 Å². The molecule has 0 aromatic heterocycles. The molecule has 0 saturated heterocycles. The van der Waals surface area contributed by atoms with Crippen LogP contribution in [0.5, 0.6) is 0 Å². The summed E-state index contributed by atoms with van der Waals surface area (Å²) < 4.78 is 0. The standard InChI is InChI=1S/C7H13ClN2/c1-4-5-6(8)9-10-7(5,2)3/h5,10H,4H2,1-3H3. The zero-order chi connectivity index (χ0) is 7.78. The van der Waals surface area contributed by atoms with Gasteiger partial charge in [0.05, 0.1) is 5.54 Å². The predicted octanol–water partition coefficient (Wildman–Crippen LogP) is 1.95. The molecule has 0 aromatic carbocycles. The second-order valence-corrected chi connectivity index (χ2v) is 3.62. The van der Waals surface area contributed by atoms with Crippen molar-refractivity contribution in [3.8, 4) is 0 Å². The summed E-state index contributed by atoms with van der Waals surface area (Å²) in [5, 5.41) is 4.69. The third kappa shape index (κ3) is 1.12. The van der Waals surface area contributed by atoms with Crippen LogP contribution in [0.1, 0.15) is 27.2 Å². The van der Waals surface area contributed by atoms with Gasteiger partial charge in [-0.05, 0) is 20.3 Å². The molecule has 1 N–H and O–H groups in total. The van der Waals surface area contributed by atoms with Crippen LogP contribution in [0, 0.1) is 5.92 Å². The molecule has 0 aliphatic carbocycles. The number of nitrogens with zero attached hydrogens (tertiary/aromatic N) is 1. The zero-order valence-corrected chi connectivity index (χ0v) is 7.37. The van der Waals surface area contributed by atoms with Crippen LogP contribution in [0.15, 0.2) is 5.10 Å². The van der Waals surface area contributed by atoms with E-state index in [1.165, 1.54) is 0 Å². The van der Waals surface area contributed by atoms with E-state index in [0.29, 0.717) is 11.1 Å². The predicted molar refractivity (Wildman–Crippen MR) is 44.3 cm³/mol. The van der Waals surface area contributed by atoms with Gasteiger partial charge in [0.1, 0.15) is 5.17 Å². The maximum atomic E-state index is 5.85. The van der Waals surface area contributed by atoms with E-state index in [9.17, 15) is 0 Å². The Hall–Kier alpha value is -0.240. The van der Waals surface area contributed by atoms with Gasteiger partial charge >= 0.3 is 0 Å². The monoisotopic (exact) mass is 160 g/mol. The molecule has 1 heterocycles. The minimum absolute atomic E-state index is 0.0475. The molecule has 2 nitrogen and oxygen atoms in total. The highest BCUT2D eigenvalue weighted by molar-refractivity contribution is 6.66. The Labute approximate surface area is 66.6 Å². The van der Waals surface area contributed by atoms with E-state index in [0.717, 1.165) is 6.42 Å². The van der Waals surface area contributed by atoms with Gasteiger partial charge in [0.2, 0.25) is 0 Å². The molecule has 0 bridgehead atoms. The molecule has 10 heavy (non-hydrogen) atoms. The fraction of sp³-hybridized carbons (Fsp3) is 0.857. The van der Waals surface area contributed by atoms with Gasteiger partial charge in [-0.3, -0.25) is 0 Å². The quantitative estimate of drug-likeness (QED) is 0.623. The first-order valence-electron chi connectivity index (χ1n) is 3.58. The van der Waals surface area contributed by atoms with E-state index >= 15 is 0 Å². The van der Waals surface area contributed by atoms with E-state index in [-0.39, 0.29) is 5.54 Å². The first kappa shape index (κ1) is 7.86. The van der Waals surface area contributed by atoms with Gasteiger partial charge < -0.3 is 5.43 Å². The molecule has 0 fully saturated rings. The van der Waals surface area contributed by atoms with E-state index in [2.05, 4.69) is 31.3 Å². The van der Waals surface area contributed by atoms with Crippen molar-refractivity contribution in [3.63, 3.8) is 0 Å². The lowest BCUT2D eigenvalue weighted by atomic mass is 9.88. The average Bonchev–Trinajstić information content (AvgIpc) is 2.07. The van der Waals surface area contributed by atoms with Crippen molar-refractivity contribution in [3.05, 3.63) is 0 Å². The van der Waals surface area contributed by atoms with Crippen LogP contribution in [0.2, 0.25) is 0 Å². The number of hydrazone groups is 1. The number of hydrogen-bond acceptors (Lipinski definition) is 2. The molecule has 1 rings (SSSR count). The highest BCUT2D eigenvalue weighted by Crippen LogP contribution is 2.27. The third-order valence-electron chi connectivity index (χ3n) is 2.02. The Bertz CT molecular complexity index is 163. The molecule has 58 valence electrons. The Morgan fingerprint density at radius 2 is 2.30 bits per heavy atom. The third-order valence-corrected chi connectivity index (χ3v) is 2.37. The zero-order valence-electron chi connectivity index (χ0n) is 6.61. The lowest BCUT2D eigenvalue weighted by Crippen LogP contribution is -2.39. The van der Waals surface area contributed by atoms with Crippen molar-refractivity contribution in [2.75, 3.05) is 0 Å². The topological polar surface area (TPSA) is 24.4 Å². The van der Waals surface area contributed by atoms with Crippen molar-refractivity contribution >= 4 is 16.8 Å². The second kappa shape index (κ2) is 2.42. The van der Waals surface area contributed by atoms with Gasteiger partial charge in [0.15, 0.2) is 0 Å². The van der Waals surface area contributed by atoms with Gasteiger partial charge in [-0.25, -0.2) is 0 Å². The number of hydrogen-bond donors (Lipinski definition) is 1. The number of nitrogens with one attached hydrogen (secondary N) is 1. The SMILES string of the molecule is CCC1C(Cl)=NNC1(C)C. The van der Waals surface area contributed by atoms with Crippen LogP contribution in [-0.4, -0.2) is 10.7 Å².